The molecule has 2 aromatic rings. The van der Waals surface area contributed by atoms with Crippen molar-refractivity contribution in [2.75, 3.05) is 18.0 Å². The lowest BCUT2D eigenvalue weighted by atomic mass is 10.1. The van der Waals surface area contributed by atoms with Crippen LogP contribution in [0.5, 0.6) is 0 Å². The maximum absolute atomic E-state index is 5.97. The van der Waals surface area contributed by atoms with Gasteiger partial charge in [-0.05, 0) is 31.2 Å². The van der Waals surface area contributed by atoms with Crippen LogP contribution in [0.1, 0.15) is 31.4 Å². The minimum absolute atomic E-state index is 0.0905. The zero-order valence-electron chi connectivity index (χ0n) is 11.7. The van der Waals surface area contributed by atoms with Crippen LogP contribution in [0.25, 0.3) is 0 Å². The summed E-state index contributed by atoms with van der Waals surface area (Å²) < 4.78 is 5.87. The highest BCUT2D eigenvalue weighted by Gasteiger charge is 2.21. The normalized spacial score (nSPS) is 12.4. The molecule has 3 nitrogen and oxygen atoms in total. The largest absolute Gasteiger partial charge is 0.464 e. The van der Waals surface area contributed by atoms with Crippen molar-refractivity contribution in [3.8, 4) is 0 Å². The van der Waals surface area contributed by atoms with E-state index < -0.39 is 0 Å². The maximum atomic E-state index is 5.97. The first-order valence-electron chi connectivity index (χ1n) is 6.90. The summed E-state index contributed by atoms with van der Waals surface area (Å²) in [5.41, 5.74) is 7.14. The van der Waals surface area contributed by atoms with E-state index in [0.29, 0.717) is 6.54 Å². The van der Waals surface area contributed by atoms with Crippen LogP contribution in [0.15, 0.2) is 46.9 Å². The van der Waals surface area contributed by atoms with E-state index in [2.05, 4.69) is 30.9 Å². The molecule has 0 radical (unpaired) electrons. The Labute approximate surface area is 115 Å². The fraction of sp³-hybridized carbons (Fsp3) is 0.375. The number of likely N-dealkylation sites (N-methyl/N-ethyl adjacent to an activating group) is 1. The van der Waals surface area contributed by atoms with Crippen molar-refractivity contribution in [3.63, 3.8) is 0 Å². The predicted molar refractivity (Wildman–Crippen MR) is 79.3 cm³/mol. The van der Waals surface area contributed by atoms with Gasteiger partial charge in [-0.1, -0.05) is 25.1 Å². The van der Waals surface area contributed by atoms with E-state index in [0.717, 1.165) is 24.5 Å². The lowest BCUT2D eigenvalue weighted by Crippen LogP contribution is -2.33. The molecule has 1 heterocycles. The highest BCUT2D eigenvalue weighted by Crippen LogP contribution is 2.27. The Hall–Kier alpha value is -1.74. The summed E-state index contributed by atoms with van der Waals surface area (Å²) in [6, 6.07) is 14.5. The number of rotatable bonds is 6. The molecule has 0 aliphatic rings. The van der Waals surface area contributed by atoms with Crippen LogP contribution in [0.4, 0.5) is 5.69 Å². The van der Waals surface area contributed by atoms with Crippen LogP contribution < -0.4 is 10.6 Å². The van der Waals surface area contributed by atoms with Gasteiger partial charge in [-0.15, -0.1) is 0 Å². The Balaban J connectivity index is 2.28. The molecule has 0 aliphatic carbocycles. The molecule has 0 amide bonds. The monoisotopic (exact) mass is 258 g/mol. The average molecular weight is 258 g/mol. The third kappa shape index (κ3) is 2.99. The van der Waals surface area contributed by atoms with E-state index in [-0.39, 0.29) is 6.04 Å². The number of anilines is 1. The summed E-state index contributed by atoms with van der Waals surface area (Å²) in [5, 5.41) is 0. The lowest BCUT2D eigenvalue weighted by Gasteiger charge is -2.30. The van der Waals surface area contributed by atoms with E-state index in [1.807, 2.05) is 30.3 Å². The Morgan fingerprint density at radius 3 is 2.37 bits per heavy atom. The molecule has 2 rings (SSSR count). The molecule has 0 saturated heterocycles. The van der Waals surface area contributed by atoms with Crippen LogP contribution >= 0.6 is 0 Å². The van der Waals surface area contributed by atoms with Crippen molar-refractivity contribution in [1.29, 1.82) is 0 Å². The second-order valence-electron chi connectivity index (χ2n) is 4.53. The van der Waals surface area contributed by atoms with Crippen LogP contribution in [0, 0.1) is 0 Å². The van der Waals surface area contributed by atoms with E-state index in [1.165, 1.54) is 5.69 Å². The molecule has 1 unspecified atom stereocenters. The first-order chi connectivity index (χ1) is 9.30. The first kappa shape index (κ1) is 13.7. The molecule has 19 heavy (non-hydrogen) atoms. The van der Waals surface area contributed by atoms with E-state index in [1.54, 1.807) is 0 Å². The zero-order chi connectivity index (χ0) is 13.7. The van der Waals surface area contributed by atoms with E-state index in [9.17, 15) is 0 Å². The molecule has 1 aromatic heterocycles. The number of furan rings is 1. The molecular weight excluding hydrogens is 236 g/mol. The van der Waals surface area contributed by atoms with Crippen LogP contribution in [-0.4, -0.2) is 13.1 Å². The highest BCUT2D eigenvalue weighted by atomic mass is 16.3. The van der Waals surface area contributed by atoms with Crippen LogP contribution in [0.3, 0.4) is 0 Å². The van der Waals surface area contributed by atoms with Gasteiger partial charge in [0.15, 0.2) is 0 Å². The molecule has 0 aliphatic heterocycles. The molecule has 0 bridgehead atoms. The summed E-state index contributed by atoms with van der Waals surface area (Å²) in [7, 11) is 0. The van der Waals surface area contributed by atoms with Crippen molar-refractivity contribution < 1.29 is 4.42 Å². The smallest absolute Gasteiger partial charge is 0.127 e. The molecule has 0 fully saturated rings. The van der Waals surface area contributed by atoms with Gasteiger partial charge in [0.05, 0.1) is 6.04 Å². The molecule has 1 aromatic carbocycles. The van der Waals surface area contributed by atoms with Crippen molar-refractivity contribution in [1.82, 2.24) is 0 Å². The molecule has 0 saturated carbocycles. The Bertz CT molecular complexity index is 492. The summed E-state index contributed by atoms with van der Waals surface area (Å²) in [5.74, 6) is 1.96. The Morgan fingerprint density at radius 1 is 1.11 bits per heavy atom. The standard InChI is InChI=1S/C16H22N2O/c1-3-14-10-11-16(19-14)15(12-17)18(4-2)13-8-6-5-7-9-13/h5-11,15H,3-4,12,17H2,1-2H3. The summed E-state index contributed by atoms with van der Waals surface area (Å²) in [4.78, 5) is 2.28. The van der Waals surface area contributed by atoms with E-state index >= 15 is 0 Å². The maximum Gasteiger partial charge on any atom is 0.127 e. The average Bonchev–Trinajstić information content (AvgIpc) is 2.94. The fourth-order valence-electron chi connectivity index (χ4n) is 2.36. The van der Waals surface area contributed by atoms with Gasteiger partial charge in [-0.25, -0.2) is 0 Å². The first-order valence-corrected chi connectivity index (χ1v) is 6.90. The van der Waals surface area contributed by atoms with Crippen LogP contribution in [0.2, 0.25) is 0 Å². The third-order valence-corrected chi connectivity index (χ3v) is 3.39. The molecule has 2 N–H and O–H groups in total. The molecular formula is C16H22N2O. The number of nitrogens with zero attached hydrogens (tertiary/aromatic N) is 1. The number of hydrogen-bond donors (Lipinski definition) is 1. The van der Waals surface area contributed by atoms with Crippen molar-refractivity contribution in [2.45, 2.75) is 26.3 Å². The fourth-order valence-corrected chi connectivity index (χ4v) is 2.36. The number of para-hydroxylation sites is 1. The van der Waals surface area contributed by atoms with Crippen molar-refractivity contribution in [3.05, 3.63) is 54.0 Å². The molecule has 0 spiro atoms. The minimum Gasteiger partial charge on any atom is -0.464 e. The summed E-state index contributed by atoms with van der Waals surface area (Å²) in [6.07, 6.45) is 0.911. The van der Waals surface area contributed by atoms with Gasteiger partial charge in [0.2, 0.25) is 0 Å². The van der Waals surface area contributed by atoms with Crippen molar-refractivity contribution >= 4 is 5.69 Å². The van der Waals surface area contributed by atoms with Gasteiger partial charge in [0, 0.05) is 25.2 Å². The summed E-state index contributed by atoms with van der Waals surface area (Å²) in [6.45, 7) is 5.67. The molecule has 102 valence electrons. The topological polar surface area (TPSA) is 42.4 Å². The van der Waals surface area contributed by atoms with E-state index in [4.69, 9.17) is 10.2 Å². The number of benzene rings is 1. The lowest BCUT2D eigenvalue weighted by molar-refractivity contribution is 0.426. The second kappa shape index (κ2) is 6.43. The number of nitrogens with two attached hydrogens (primary N) is 1. The van der Waals surface area contributed by atoms with Crippen LogP contribution in [-0.2, 0) is 6.42 Å². The number of aryl methyl sites for hydroxylation is 1. The van der Waals surface area contributed by atoms with Gasteiger partial charge < -0.3 is 15.1 Å². The Kier molecular flexibility index (Phi) is 4.63. The predicted octanol–water partition coefficient (Wildman–Crippen LogP) is 3.37. The van der Waals surface area contributed by atoms with Gasteiger partial charge >= 0.3 is 0 Å². The quantitative estimate of drug-likeness (QED) is 0.863. The van der Waals surface area contributed by atoms with Crippen molar-refractivity contribution in [2.24, 2.45) is 5.73 Å². The van der Waals surface area contributed by atoms with Gasteiger partial charge in [0.1, 0.15) is 11.5 Å². The highest BCUT2D eigenvalue weighted by molar-refractivity contribution is 5.48. The molecule has 3 heteroatoms. The van der Waals surface area contributed by atoms with Gasteiger partial charge in [0.25, 0.3) is 0 Å². The van der Waals surface area contributed by atoms with Gasteiger partial charge in [-0.2, -0.15) is 0 Å². The zero-order valence-corrected chi connectivity index (χ0v) is 11.7. The van der Waals surface area contributed by atoms with Gasteiger partial charge in [-0.3, -0.25) is 0 Å². The SMILES string of the molecule is CCc1ccc(C(CN)N(CC)c2ccccc2)o1. The second-order valence-corrected chi connectivity index (χ2v) is 4.53. The third-order valence-electron chi connectivity index (χ3n) is 3.39. The number of hydrogen-bond acceptors (Lipinski definition) is 3. The molecule has 1 atom stereocenters. The Morgan fingerprint density at radius 2 is 1.84 bits per heavy atom. The minimum atomic E-state index is 0.0905. The summed E-state index contributed by atoms with van der Waals surface area (Å²) >= 11 is 0.